The minimum absolute atomic E-state index is 0.0535. The molecule has 5 rings (SSSR count). The molecule has 5 nitrogen and oxygen atoms in total. The van der Waals surface area contributed by atoms with Crippen LogP contribution in [0.1, 0.15) is 29.7 Å². The number of aryl methyl sites for hydroxylation is 1. The van der Waals surface area contributed by atoms with Gasteiger partial charge in [-0.15, -0.1) is 0 Å². The number of Topliss-reactive ketones (excluding diaryl/α,β-unsaturated/α-hetero) is 1. The molecule has 3 aromatic carbocycles. The minimum atomic E-state index is -0.797. The highest BCUT2D eigenvalue weighted by Gasteiger charge is 2.48. The Labute approximate surface area is 203 Å². The summed E-state index contributed by atoms with van der Waals surface area (Å²) in [6, 6.07) is 21.4. The number of ketones is 1. The molecular weight excluding hydrogens is 500 g/mol. The number of fused-ring (bicyclic) bond motifs is 1. The fourth-order valence-corrected chi connectivity index (χ4v) is 5.53. The molecule has 2 heterocycles. The van der Waals surface area contributed by atoms with Crippen LogP contribution in [0.15, 0.2) is 82.8 Å². The Bertz CT molecular complexity index is 1430. The highest BCUT2D eigenvalue weighted by Crippen LogP contribution is 2.44. The van der Waals surface area contributed by atoms with Gasteiger partial charge in [-0.3, -0.25) is 14.5 Å². The summed E-state index contributed by atoms with van der Waals surface area (Å²) in [6.07, 6.45) is 0.892. The van der Waals surface area contributed by atoms with Crippen molar-refractivity contribution in [3.63, 3.8) is 0 Å². The van der Waals surface area contributed by atoms with Gasteiger partial charge < -0.3 is 5.11 Å². The molecule has 1 atom stereocenters. The SMILES string of the molecule is CCc1ccc2nc(N3C(=O)C(=O)/C(=C(/O)c4ccccc4)[C@@H]3c3cccc(Br)c3)sc2c1. The van der Waals surface area contributed by atoms with E-state index in [-0.39, 0.29) is 11.3 Å². The molecule has 1 aliphatic heterocycles. The number of aromatic nitrogens is 1. The summed E-state index contributed by atoms with van der Waals surface area (Å²) in [5, 5.41) is 11.6. The van der Waals surface area contributed by atoms with E-state index in [1.54, 1.807) is 24.3 Å². The maximum atomic E-state index is 13.3. The van der Waals surface area contributed by atoms with Gasteiger partial charge in [-0.2, -0.15) is 0 Å². The first kappa shape index (κ1) is 21.6. The standard InChI is InChI=1S/C26H19BrN2O3S/c1-2-15-11-12-19-20(13-15)33-26(28-19)29-22(17-9-6-10-18(27)14-17)21(24(31)25(29)32)23(30)16-7-4-3-5-8-16/h3-14,22,30H,2H2,1H3/b23-21+/t22-/m0/s1. The van der Waals surface area contributed by atoms with E-state index in [0.29, 0.717) is 16.3 Å². The second-order valence-corrected chi connectivity index (χ2v) is 9.67. The van der Waals surface area contributed by atoms with Crippen molar-refractivity contribution in [1.29, 1.82) is 0 Å². The third-order valence-corrected chi connectivity index (χ3v) is 7.22. The molecule has 1 saturated heterocycles. The number of carbonyl (C=O) groups excluding carboxylic acids is 2. The molecule has 0 saturated carbocycles. The van der Waals surface area contributed by atoms with Crippen LogP contribution in [0.4, 0.5) is 5.13 Å². The zero-order valence-corrected chi connectivity index (χ0v) is 20.1. The quantitative estimate of drug-likeness (QED) is 0.197. The van der Waals surface area contributed by atoms with Crippen molar-refractivity contribution in [1.82, 2.24) is 4.98 Å². The number of aliphatic hydroxyl groups excluding tert-OH is 1. The number of carbonyl (C=O) groups is 2. The van der Waals surface area contributed by atoms with Crippen LogP contribution >= 0.6 is 27.3 Å². The van der Waals surface area contributed by atoms with Crippen LogP contribution in [0.2, 0.25) is 0 Å². The smallest absolute Gasteiger partial charge is 0.301 e. The average molecular weight is 519 g/mol. The summed E-state index contributed by atoms with van der Waals surface area (Å²) in [7, 11) is 0. The van der Waals surface area contributed by atoms with Crippen LogP contribution < -0.4 is 4.90 Å². The lowest BCUT2D eigenvalue weighted by molar-refractivity contribution is -0.132. The average Bonchev–Trinajstić information content (AvgIpc) is 3.37. The van der Waals surface area contributed by atoms with E-state index in [1.807, 2.05) is 42.5 Å². The van der Waals surface area contributed by atoms with E-state index in [1.165, 1.54) is 21.8 Å². The lowest BCUT2D eigenvalue weighted by atomic mass is 9.95. The third-order valence-electron chi connectivity index (χ3n) is 5.71. The summed E-state index contributed by atoms with van der Waals surface area (Å²) in [4.78, 5) is 32.6. The van der Waals surface area contributed by atoms with Crippen molar-refractivity contribution in [2.45, 2.75) is 19.4 Å². The van der Waals surface area contributed by atoms with E-state index in [0.717, 1.165) is 21.1 Å². The Balaban J connectivity index is 1.73. The Morgan fingerprint density at radius 3 is 2.58 bits per heavy atom. The van der Waals surface area contributed by atoms with Gasteiger partial charge in [0, 0.05) is 10.0 Å². The number of nitrogens with zero attached hydrogens (tertiary/aromatic N) is 2. The zero-order valence-electron chi connectivity index (χ0n) is 17.7. The molecule has 4 aromatic rings. The molecule has 1 aromatic heterocycles. The van der Waals surface area contributed by atoms with Crippen LogP contribution in [0.3, 0.4) is 0 Å². The molecule has 7 heteroatoms. The molecular formula is C26H19BrN2O3S. The number of halogens is 1. The number of hydrogen-bond donors (Lipinski definition) is 1. The molecule has 0 unspecified atom stereocenters. The Morgan fingerprint density at radius 2 is 1.85 bits per heavy atom. The second kappa shape index (κ2) is 8.57. The van der Waals surface area contributed by atoms with Gasteiger partial charge in [0.1, 0.15) is 5.76 Å². The first-order valence-electron chi connectivity index (χ1n) is 10.5. The van der Waals surface area contributed by atoms with Gasteiger partial charge in [-0.05, 0) is 41.8 Å². The highest BCUT2D eigenvalue weighted by molar-refractivity contribution is 9.10. The molecule has 1 amide bonds. The molecule has 1 fully saturated rings. The van der Waals surface area contributed by atoms with Crippen molar-refractivity contribution in [3.8, 4) is 0 Å². The molecule has 1 N–H and O–H groups in total. The number of anilines is 1. The van der Waals surface area contributed by atoms with Crippen LogP contribution in [0.25, 0.3) is 16.0 Å². The van der Waals surface area contributed by atoms with Crippen molar-refractivity contribution >= 4 is 60.1 Å². The van der Waals surface area contributed by atoms with Crippen molar-refractivity contribution in [2.75, 3.05) is 4.90 Å². The van der Waals surface area contributed by atoms with Crippen molar-refractivity contribution < 1.29 is 14.7 Å². The minimum Gasteiger partial charge on any atom is -0.507 e. The van der Waals surface area contributed by atoms with Crippen molar-refractivity contribution in [3.05, 3.63) is 99.5 Å². The van der Waals surface area contributed by atoms with Crippen LogP contribution in [-0.2, 0) is 16.0 Å². The summed E-state index contributed by atoms with van der Waals surface area (Å²) in [6.45, 7) is 2.08. The number of thiazole rings is 1. The summed E-state index contributed by atoms with van der Waals surface area (Å²) < 4.78 is 1.75. The number of amides is 1. The Morgan fingerprint density at radius 1 is 1.06 bits per heavy atom. The molecule has 33 heavy (non-hydrogen) atoms. The van der Waals surface area contributed by atoms with E-state index < -0.39 is 17.7 Å². The van der Waals surface area contributed by atoms with Gasteiger partial charge in [0.05, 0.1) is 21.8 Å². The predicted molar refractivity (Wildman–Crippen MR) is 134 cm³/mol. The summed E-state index contributed by atoms with van der Waals surface area (Å²) in [5.41, 5.74) is 3.18. The van der Waals surface area contributed by atoms with E-state index in [4.69, 9.17) is 0 Å². The third kappa shape index (κ3) is 3.77. The maximum Gasteiger partial charge on any atom is 0.301 e. The number of aliphatic hydroxyl groups is 1. The molecule has 0 aliphatic carbocycles. The first-order valence-corrected chi connectivity index (χ1v) is 12.1. The van der Waals surface area contributed by atoms with Crippen LogP contribution in [0, 0.1) is 0 Å². The number of hydrogen-bond acceptors (Lipinski definition) is 5. The molecule has 0 radical (unpaired) electrons. The number of rotatable bonds is 4. The first-order chi connectivity index (χ1) is 16.0. The van der Waals surface area contributed by atoms with Gasteiger partial charge in [0.2, 0.25) is 0 Å². The zero-order chi connectivity index (χ0) is 23.1. The molecule has 0 bridgehead atoms. The van der Waals surface area contributed by atoms with E-state index >= 15 is 0 Å². The lowest BCUT2D eigenvalue weighted by Gasteiger charge is -2.23. The highest BCUT2D eigenvalue weighted by atomic mass is 79.9. The van der Waals surface area contributed by atoms with E-state index in [2.05, 4.69) is 33.9 Å². The normalized spacial score (nSPS) is 17.8. The van der Waals surface area contributed by atoms with E-state index in [9.17, 15) is 14.7 Å². The lowest BCUT2D eigenvalue weighted by Crippen LogP contribution is -2.29. The summed E-state index contributed by atoms with van der Waals surface area (Å²) >= 11 is 4.85. The number of benzene rings is 3. The fraction of sp³-hybridized carbons (Fsp3) is 0.115. The maximum absolute atomic E-state index is 13.3. The van der Waals surface area contributed by atoms with Crippen LogP contribution in [-0.4, -0.2) is 21.8 Å². The van der Waals surface area contributed by atoms with Gasteiger partial charge in [-0.1, -0.05) is 82.7 Å². The van der Waals surface area contributed by atoms with Gasteiger partial charge >= 0.3 is 5.91 Å². The molecule has 164 valence electrons. The van der Waals surface area contributed by atoms with Gasteiger partial charge in [0.25, 0.3) is 5.78 Å². The molecule has 0 spiro atoms. The predicted octanol–water partition coefficient (Wildman–Crippen LogP) is 6.25. The monoisotopic (exact) mass is 518 g/mol. The summed E-state index contributed by atoms with van der Waals surface area (Å²) in [5.74, 6) is -1.63. The second-order valence-electron chi connectivity index (χ2n) is 7.74. The topological polar surface area (TPSA) is 70.5 Å². The Hall–Kier alpha value is -3.29. The molecule has 1 aliphatic rings. The van der Waals surface area contributed by atoms with Crippen molar-refractivity contribution in [2.24, 2.45) is 0 Å². The van der Waals surface area contributed by atoms with Gasteiger partial charge in [-0.25, -0.2) is 4.98 Å². The van der Waals surface area contributed by atoms with Gasteiger partial charge in [0.15, 0.2) is 5.13 Å². The fourth-order valence-electron chi connectivity index (χ4n) is 4.05. The largest absolute Gasteiger partial charge is 0.507 e. The Kier molecular flexibility index (Phi) is 5.60. The van der Waals surface area contributed by atoms with Crippen LogP contribution in [0.5, 0.6) is 0 Å².